The van der Waals surface area contributed by atoms with E-state index in [-0.39, 0.29) is 41.1 Å². The number of carbonyl (C=O) groups excluding carboxylic acids is 1. The number of phenols is 1. The first-order valence-electron chi connectivity index (χ1n) is 10.0. The maximum Gasteiger partial charge on any atom is 0.336 e. The fourth-order valence-electron chi connectivity index (χ4n) is 3.96. The van der Waals surface area contributed by atoms with E-state index in [1.807, 2.05) is 51.1 Å². The summed E-state index contributed by atoms with van der Waals surface area (Å²) in [5.74, 6) is 0.00323. The van der Waals surface area contributed by atoms with Crippen LogP contribution in [0.2, 0.25) is 0 Å². The molecule has 2 aromatic carbocycles. The van der Waals surface area contributed by atoms with Crippen LogP contribution in [0.5, 0.6) is 11.5 Å². The number of fused-ring (bicyclic) bond motifs is 3. The number of Topliss-reactive ketones (excluding diaryl/α,β-unsaturated/α-hetero) is 1. The largest absolute Gasteiger partial charge is 0.506 e. The summed E-state index contributed by atoms with van der Waals surface area (Å²) in [6.45, 7) is 9.70. The van der Waals surface area contributed by atoms with Gasteiger partial charge in [0, 0.05) is 30.0 Å². The van der Waals surface area contributed by atoms with Crippen LogP contribution in [-0.4, -0.2) is 17.0 Å². The fourth-order valence-corrected chi connectivity index (χ4v) is 3.96. The topological polar surface area (TPSA) is 76.7 Å². The first-order valence-corrected chi connectivity index (χ1v) is 10.0. The minimum atomic E-state index is -0.525. The van der Waals surface area contributed by atoms with Crippen LogP contribution in [-0.2, 0) is 6.42 Å². The molecule has 1 atom stereocenters. The van der Waals surface area contributed by atoms with E-state index in [1.54, 1.807) is 0 Å². The molecule has 1 N–H and O–H groups in total. The highest BCUT2D eigenvalue weighted by Gasteiger charge is 2.35. The number of ether oxygens (including phenoxy) is 1. The Balaban J connectivity index is 2.10. The lowest BCUT2D eigenvalue weighted by Crippen LogP contribution is -2.14. The Kier molecular flexibility index (Phi) is 4.98. The first kappa shape index (κ1) is 20.0. The molecule has 0 bridgehead atoms. The predicted octanol–water partition coefficient (Wildman–Crippen LogP) is 5.27. The zero-order valence-electron chi connectivity index (χ0n) is 17.3. The van der Waals surface area contributed by atoms with Crippen molar-refractivity contribution in [3.63, 3.8) is 0 Å². The molecule has 3 aromatic rings. The highest BCUT2D eigenvalue weighted by molar-refractivity contribution is 6.11. The molecule has 5 heteroatoms. The lowest BCUT2D eigenvalue weighted by atomic mass is 9.91. The Morgan fingerprint density at radius 3 is 2.60 bits per heavy atom. The van der Waals surface area contributed by atoms with Crippen molar-refractivity contribution < 1.29 is 19.1 Å². The lowest BCUT2D eigenvalue weighted by Gasteiger charge is -2.16. The van der Waals surface area contributed by atoms with E-state index < -0.39 is 5.63 Å². The molecular weight excluding hydrogens is 380 g/mol. The molecule has 0 amide bonds. The normalized spacial score (nSPS) is 15.3. The van der Waals surface area contributed by atoms with E-state index in [2.05, 4.69) is 6.58 Å². The third kappa shape index (κ3) is 3.30. The SMILES string of the molecule is C=C(C)[C@H]1Cc2c(c(C(=O)CC(C)C)c(O)c3c(-c4ccccc4)cc(=O)oc23)O1. The van der Waals surface area contributed by atoms with Gasteiger partial charge in [0.15, 0.2) is 5.78 Å². The van der Waals surface area contributed by atoms with Crippen molar-refractivity contribution in [1.82, 2.24) is 0 Å². The van der Waals surface area contributed by atoms with Gasteiger partial charge in [0.25, 0.3) is 0 Å². The van der Waals surface area contributed by atoms with Crippen molar-refractivity contribution in [3.05, 3.63) is 70.1 Å². The van der Waals surface area contributed by atoms with Gasteiger partial charge in [0.2, 0.25) is 0 Å². The summed E-state index contributed by atoms with van der Waals surface area (Å²) in [4.78, 5) is 25.5. The van der Waals surface area contributed by atoms with Gasteiger partial charge in [-0.15, -0.1) is 0 Å². The molecule has 5 nitrogen and oxygen atoms in total. The summed E-state index contributed by atoms with van der Waals surface area (Å²) in [6, 6.07) is 10.6. The monoisotopic (exact) mass is 404 g/mol. The molecule has 4 rings (SSSR count). The maximum absolute atomic E-state index is 13.1. The van der Waals surface area contributed by atoms with Gasteiger partial charge in [0.1, 0.15) is 28.7 Å². The minimum Gasteiger partial charge on any atom is -0.506 e. The highest BCUT2D eigenvalue weighted by atomic mass is 16.5. The van der Waals surface area contributed by atoms with Gasteiger partial charge < -0.3 is 14.3 Å². The fraction of sp³-hybridized carbons (Fsp3) is 0.280. The second-order valence-corrected chi connectivity index (χ2v) is 8.26. The van der Waals surface area contributed by atoms with Crippen LogP contribution in [0.4, 0.5) is 0 Å². The van der Waals surface area contributed by atoms with Crippen LogP contribution in [0.3, 0.4) is 0 Å². The Morgan fingerprint density at radius 2 is 1.97 bits per heavy atom. The van der Waals surface area contributed by atoms with Gasteiger partial charge in [0.05, 0.1) is 5.39 Å². The molecule has 0 fully saturated rings. The van der Waals surface area contributed by atoms with E-state index >= 15 is 0 Å². The molecular formula is C25H24O5. The number of carbonyl (C=O) groups is 1. The van der Waals surface area contributed by atoms with Crippen LogP contribution >= 0.6 is 0 Å². The molecule has 0 unspecified atom stereocenters. The quantitative estimate of drug-likeness (QED) is 0.356. The zero-order valence-corrected chi connectivity index (χ0v) is 17.3. The van der Waals surface area contributed by atoms with Crippen LogP contribution < -0.4 is 10.4 Å². The molecule has 0 saturated carbocycles. The average Bonchev–Trinajstić information content (AvgIpc) is 3.13. The Morgan fingerprint density at radius 1 is 1.27 bits per heavy atom. The summed E-state index contributed by atoms with van der Waals surface area (Å²) < 4.78 is 11.6. The van der Waals surface area contributed by atoms with Gasteiger partial charge in [-0.2, -0.15) is 0 Å². The number of hydrogen-bond donors (Lipinski definition) is 1. The van der Waals surface area contributed by atoms with E-state index in [0.717, 1.165) is 11.1 Å². The van der Waals surface area contributed by atoms with Crippen LogP contribution in [0.1, 0.15) is 43.1 Å². The van der Waals surface area contributed by atoms with Crippen molar-refractivity contribution in [2.45, 2.75) is 39.7 Å². The number of rotatable bonds is 5. The van der Waals surface area contributed by atoms with Crippen molar-refractivity contribution in [2.24, 2.45) is 5.92 Å². The third-order valence-electron chi connectivity index (χ3n) is 5.37. The van der Waals surface area contributed by atoms with E-state index in [9.17, 15) is 14.7 Å². The zero-order chi connectivity index (χ0) is 21.6. The van der Waals surface area contributed by atoms with Crippen molar-refractivity contribution in [2.75, 3.05) is 0 Å². The lowest BCUT2D eigenvalue weighted by molar-refractivity contribution is 0.0961. The smallest absolute Gasteiger partial charge is 0.336 e. The summed E-state index contributed by atoms with van der Waals surface area (Å²) in [5, 5.41) is 11.6. The molecule has 154 valence electrons. The molecule has 1 aliphatic rings. The van der Waals surface area contributed by atoms with Crippen LogP contribution in [0.25, 0.3) is 22.1 Å². The van der Waals surface area contributed by atoms with E-state index in [0.29, 0.717) is 28.7 Å². The Hall–Kier alpha value is -3.34. The molecule has 2 heterocycles. The van der Waals surface area contributed by atoms with Crippen LogP contribution in [0, 0.1) is 5.92 Å². The number of phenolic OH excluding ortho intramolecular Hbond substituents is 1. The van der Waals surface area contributed by atoms with Crippen molar-refractivity contribution in [3.8, 4) is 22.6 Å². The molecule has 1 aromatic heterocycles. The van der Waals surface area contributed by atoms with E-state index in [1.165, 1.54) is 6.07 Å². The van der Waals surface area contributed by atoms with Crippen molar-refractivity contribution in [1.29, 1.82) is 0 Å². The highest BCUT2D eigenvalue weighted by Crippen LogP contribution is 2.48. The Bertz CT molecular complexity index is 1220. The number of aromatic hydroxyl groups is 1. The molecule has 0 radical (unpaired) electrons. The first-order chi connectivity index (χ1) is 14.3. The number of benzene rings is 2. The molecule has 0 saturated heterocycles. The van der Waals surface area contributed by atoms with Gasteiger partial charge in [-0.3, -0.25) is 4.79 Å². The molecule has 0 aliphatic carbocycles. The predicted molar refractivity (Wildman–Crippen MR) is 116 cm³/mol. The van der Waals surface area contributed by atoms with Gasteiger partial charge in [-0.05, 0) is 24.0 Å². The summed E-state index contributed by atoms with van der Waals surface area (Å²) >= 11 is 0. The molecule has 0 spiro atoms. The molecule has 30 heavy (non-hydrogen) atoms. The second kappa shape index (κ2) is 7.48. The summed E-state index contributed by atoms with van der Waals surface area (Å²) in [7, 11) is 0. The Labute approximate surface area is 174 Å². The number of hydrogen-bond acceptors (Lipinski definition) is 5. The maximum atomic E-state index is 13.1. The van der Waals surface area contributed by atoms with Crippen LogP contribution in [0.15, 0.2) is 57.8 Å². The average molecular weight is 404 g/mol. The van der Waals surface area contributed by atoms with Crippen molar-refractivity contribution >= 4 is 16.8 Å². The standard InChI is InChI=1S/C25H24O5/c1-13(2)10-18(26)22-23(28)21-16(15-8-6-5-7-9-15)12-20(27)30-24(21)17-11-19(14(3)4)29-25(17)22/h5-9,12-13,19,28H,3,10-11H2,1-2,4H3/t19-/m1/s1. The van der Waals surface area contributed by atoms with E-state index in [4.69, 9.17) is 9.15 Å². The third-order valence-corrected chi connectivity index (χ3v) is 5.37. The van der Waals surface area contributed by atoms with Gasteiger partial charge >= 0.3 is 5.63 Å². The number of ketones is 1. The second-order valence-electron chi connectivity index (χ2n) is 8.26. The van der Waals surface area contributed by atoms with Gasteiger partial charge in [-0.25, -0.2) is 4.79 Å². The summed E-state index contributed by atoms with van der Waals surface area (Å²) in [5.41, 5.74) is 2.59. The van der Waals surface area contributed by atoms with Gasteiger partial charge in [-0.1, -0.05) is 50.8 Å². The summed E-state index contributed by atoms with van der Waals surface area (Å²) in [6.07, 6.45) is 0.343. The molecule has 1 aliphatic heterocycles. The minimum absolute atomic E-state index is 0.115.